The van der Waals surface area contributed by atoms with Gasteiger partial charge in [0.25, 0.3) is 0 Å². The van der Waals surface area contributed by atoms with Crippen molar-refractivity contribution in [2.75, 3.05) is 19.7 Å². The maximum Gasteiger partial charge on any atom is 0.0955 e. The number of benzene rings is 1. The van der Waals surface area contributed by atoms with Crippen LogP contribution in [0.3, 0.4) is 0 Å². The first-order valence-electron chi connectivity index (χ1n) is 7.75. The summed E-state index contributed by atoms with van der Waals surface area (Å²) in [6.07, 6.45) is 3.53. The number of rotatable bonds is 3. The highest BCUT2D eigenvalue weighted by Crippen LogP contribution is 2.26. The van der Waals surface area contributed by atoms with Crippen molar-refractivity contribution in [3.05, 3.63) is 29.3 Å². The van der Waals surface area contributed by atoms with E-state index in [1.165, 1.54) is 24.1 Å². The van der Waals surface area contributed by atoms with E-state index in [4.69, 9.17) is 10.5 Å². The van der Waals surface area contributed by atoms with Gasteiger partial charge in [-0.1, -0.05) is 12.1 Å². The minimum atomic E-state index is 0.0344. The van der Waals surface area contributed by atoms with E-state index in [1.54, 1.807) is 11.3 Å². The van der Waals surface area contributed by atoms with Gasteiger partial charge in [0.2, 0.25) is 0 Å². The number of morpholine rings is 1. The Balaban J connectivity index is 1.44. The monoisotopic (exact) mass is 303 g/mol. The Morgan fingerprint density at radius 2 is 2.33 bits per heavy atom. The number of fused-ring (bicyclic) bond motifs is 2. The molecule has 0 aliphatic carbocycles. The van der Waals surface area contributed by atoms with E-state index in [2.05, 4.69) is 28.1 Å². The van der Waals surface area contributed by atoms with E-state index in [9.17, 15) is 0 Å². The van der Waals surface area contributed by atoms with E-state index in [0.717, 1.165) is 30.1 Å². The van der Waals surface area contributed by atoms with Gasteiger partial charge in [-0.15, -0.1) is 11.3 Å². The standard InChI is InChI=1S/C16H21N3OS/c17-12(14-9-19-7-3-4-11(19)10-20-14)8-16-18-13-5-1-2-6-15(13)21-16/h1-2,5-6,11-12,14H,3-4,7-10,17H2. The SMILES string of the molecule is NC(Cc1nc2ccccc2s1)C1CN2CCCC2CO1. The Kier molecular flexibility index (Phi) is 3.67. The number of nitrogens with two attached hydrogens (primary N) is 1. The molecule has 21 heavy (non-hydrogen) atoms. The molecule has 4 nitrogen and oxygen atoms in total. The molecule has 1 aromatic carbocycles. The second-order valence-corrected chi connectivity index (χ2v) is 7.22. The molecule has 2 N–H and O–H groups in total. The topological polar surface area (TPSA) is 51.4 Å². The van der Waals surface area contributed by atoms with Crippen molar-refractivity contribution in [1.29, 1.82) is 0 Å². The van der Waals surface area contributed by atoms with Crippen molar-refractivity contribution in [1.82, 2.24) is 9.88 Å². The summed E-state index contributed by atoms with van der Waals surface area (Å²) in [4.78, 5) is 7.23. The van der Waals surface area contributed by atoms with Crippen molar-refractivity contribution in [2.24, 2.45) is 5.73 Å². The number of hydrogen-bond donors (Lipinski definition) is 1. The average molecular weight is 303 g/mol. The van der Waals surface area contributed by atoms with Gasteiger partial charge in [-0.25, -0.2) is 4.98 Å². The summed E-state index contributed by atoms with van der Waals surface area (Å²) in [6, 6.07) is 8.94. The van der Waals surface area contributed by atoms with Gasteiger partial charge in [0.1, 0.15) is 0 Å². The molecule has 112 valence electrons. The lowest BCUT2D eigenvalue weighted by Crippen LogP contribution is -2.53. The number of ether oxygens (including phenoxy) is 1. The van der Waals surface area contributed by atoms with Crippen LogP contribution in [0.15, 0.2) is 24.3 Å². The zero-order valence-electron chi connectivity index (χ0n) is 12.1. The molecule has 4 rings (SSSR count). The molecule has 5 heteroatoms. The van der Waals surface area contributed by atoms with Crippen LogP contribution in [0.25, 0.3) is 10.2 Å². The second-order valence-electron chi connectivity index (χ2n) is 6.11. The Labute approximate surface area is 128 Å². The van der Waals surface area contributed by atoms with E-state index >= 15 is 0 Å². The highest BCUT2D eigenvalue weighted by molar-refractivity contribution is 7.18. The Bertz CT molecular complexity index is 596. The Morgan fingerprint density at radius 3 is 3.24 bits per heavy atom. The summed E-state index contributed by atoms with van der Waals surface area (Å²) >= 11 is 1.75. The molecule has 0 spiro atoms. The predicted molar refractivity (Wildman–Crippen MR) is 85.6 cm³/mol. The van der Waals surface area contributed by atoms with E-state index in [-0.39, 0.29) is 12.1 Å². The molecule has 0 radical (unpaired) electrons. The van der Waals surface area contributed by atoms with Gasteiger partial charge in [0.15, 0.2) is 0 Å². The minimum Gasteiger partial charge on any atom is -0.374 e. The lowest BCUT2D eigenvalue weighted by Gasteiger charge is -2.37. The van der Waals surface area contributed by atoms with Crippen LogP contribution >= 0.6 is 11.3 Å². The van der Waals surface area contributed by atoms with Gasteiger partial charge in [-0.2, -0.15) is 0 Å². The molecule has 3 unspecified atom stereocenters. The molecular formula is C16H21N3OS. The van der Waals surface area contributed by atoms with E-state index in [1.807, 2.05) is 6.07 Å². The molecule has 3 atom stereocenters. The lowest BCUT2D eigenvalue weighted by molar-refractivity contribution is -0.0589. The molecule has 2 aliphatic heterocycles. The third-order valence-corrected chi connectivity index (χ3v) is 5.70. The minimum absolute atomic E-state index is 0.0344. The molecule has 2 fully saturated rings. The summed E-state index contributed by atoms with van der Waals surface area (Å²) in [5.74, 6) is 0. The summed E-state index contributed by atoms with van der Waals surface area (Å²) in [5, 5.41) is 1.12. The molecule has 1 aromatic heterocycles. The van der Waals surface area contributed by atoms with Gasteiger partial charge in [-0.3, -0.25) is 4.90 Å². The van der Waals surface area contributed by atoms with Crippen molar-refractivity contribution in [3.8, 4) is 0 Å². The van der Waals surface area contributed by atoms with Gasteiger partial charge in [0.05, 0.1) is 27.9 Å². The molecule has 0 bridgehead atoms. The van der Waals surface area contributed by atoms with Gasteiger partial charge >= 0.3 is 0 Å². The van der Waals surface area contributed by atoms with Crippen LogP contribution < -0.4 is 5.73 Å². The summed E-state index contributed by atoms with van der Waals surface area (Å²) in [5.41, 5.74) is 7.48. The number of hydrogen-bond acceptors (Lipinski definition) is 5. The average Bonchev–Trinajstić information content (AvgIpc) is 3.11. The fraction of sp³-hybridized carbons (Fsp3) is 0.562. The number of aromatic nitrogens is 1. The fourth-order valence-corrected chi connectivity index (χ4v) is 4.48. The molecule has 2 aliphatic rings. The van der Waals surface area contributed by atoms with Crippen molar-refractivity contribution < 1.29 is 4.74 Å². The first-order chi connectivity index (χ1) is 10.3. The zero-order chi connectivity index (χ0) is 14.2. The fourth-order valence-electron chi connectivity index (χ4n) is 3.44. The number of para-hydroxylation sites is 1. The largest absolute Gasteiger partial charge is 0.374 e. The summed E-state index contributed by atoms with van der Waals surface area (Å²) in [7, 11) is 0. The summed E-state index contributed by atoms with van der Waals surface area (Å²) in [6.45, 7) is 3.04. The first kappa shape index (κ1) is 13.6. The van der Waals surface area contributed by atoms with Crippen LogP contribution in [0.4, 0.5) is 0 Å². The van der Waals surface area contributed by atoms with Gasteiger partial charge < -0.3 is 10.5 Å². The van der Waals surface area contributed by atoms with Gasteiger partial charge in [0, 0.05) is 25.0 Å². The van der Waals surface area contributed by atoms with E-state index in [0.29, 0.717) is 6.04 Å². The molecular weight excluding hydrogens is 282 g/mol. The van der Waals surface area contributed by atoms with Crippen molar-refractivity contribution >= 4 is 21.6 Å². The highest BCUT2D eigenvalue weighted by atomic mass is 32.1. The molecule has 3 heterocycles. The molecule has 2 saturated heterocycles. The maximum absolute atomic E-state index is 6.40. The Hall–Kier alpha value is -1.01. The second kappa shape index (κ2) is 5.65. The third-order valence-electron chi connectivity index (χ3n) is 4.64. The molecule has 0 saturated carbocycles. The van der Waals surface area contributed by atoms with Crippen molar-refractivity contribution in [2.45, 2.75) is 37.5 Å². The maximum atomic E-state index is 6.40. The molecule has 2 aromatic rings. The molecule has 0 amide bonds. The van der Waals surface area contributed by atoms with Crippen LogP contribution in [0, 0.1) is 0 Å². The summed E-state index contributed by atoms with van der Waals surface area (Å²) < 4.78 is 7.25. The quantitative estimate of drug-likeness (QED) is 0.942. The van der Waals surface area contributed by atoms with Crippen LogP contribution in [0.2, 0.25) is 0 Å². The highest BCUT2D eigenvalue weighted by Gasteiger charge is 2.34. The van der Waals surface area contributed by atoms with Crippen LogP contribution in [-0.4, -0.2) is 47.8 Å². The predicted octanol–water partition coefficient (Wildman–Crippen LogP) is 2.03. The number of thiazole rings is 1. The van der Waals surface area contributed by atoms with Gasteiger partial charge in [-0.05, 0) is 31.5 Å². The lowest BCUT2D eigenvalue weighted by atomic mass is 10.1. The normalized spacial score (nSPS) is 27.9. The van der Waals surface area contributed by atoms with E-state index < -0.39 is 0 Å². The van der Waals surface area contributed by atoms with Crippen molar-refractivity contribution in [3.63, 3.8) is 0 Å². The third kappa shape index (κ3) is 2.71. The first-order valence-corrected chi connectivity index (χ1v) is 8.57. The van der Waals surface area contributed by atoms with Crippen LogP contribution in [-0.2, 0) is 11.2 Å². The van der Waals surface area contributed by atoms with Crippen LogP contribution in [0.5, 0.6) is 0 Å². The van der Waals surface area contributed by atoms with Crippen LogP contribution in [0.1, 0.15) is 17.8 Å². The Morgan fingerprint density at radius 1 is 1.43 bits per heavy atom. The zero-order valence-corrected chi connectivity index (χ0v) is 12.9. The smallest absolute Gasteiger partial charge is 0.0955 e. The number of nitrogens with zero attached hydrogens (tertiary/aromatic N) is 2.